The summed E-state index contributed by atoms with van der Waals surface area (Å²) in [4.78, 5) is 32.8. The van der Waals surface area contributed by atoms with Crippen LogP contribution in [-0.2, 0) is 14.4 Å². The molecule has 0 fully saturated rings. The summed E-state index contributed by atoms with van der Waals surface area (Å²) in [6.45, 7) is 1.79. The van der Waals surface area contributed by atoms with Gasteiger partial charge in [0.05, 0.1) is 0 Å². The number of carboxylic acids is 1. The Hall–Kier alpha value is -2.37. The van der Waals surface area contributed by atoms with Crippen LogP contribution in [0.4, 0.5) is 0 Å². The van der Waals surface area contributed by atoms with E-state index < -0.39 is 12.0 Å². The Labute approximate surface area is 110 Å². The average molecular weight is 264 g/mol. The van der Waals surface area contributed by atoms with Crippen molar-refractivity contribution < 1.29 is 19.5 Å². The summed E-state index contributed by atoms with van der Waals surface area (Å²) in [7, 11) is 0. The van der Waals surface area contributed by atoms with Crippen LogP contribution < -0.4 is 10.6 Å². The van der Waals surface area contributed by atoms with E-state index in [1.165, 1.54) is 0 Å². The predicted octanol–water partition coefficient (Wildman–Crippen LogP) is 0.134. The fraction of sp³-hybridized carbons (Fsp3) is 0.308. The monoisotopic (exact) mass is 264 g/mol. The Morgan fingerprint density at radius 3 is 2.84 bits per heavy atom. The number of aliphatic carboxylic acids is 1. The molecule has 0 spiro atoms. The Balaban J connectivity index is 2.60. The van der Waals surface area contributed by atoms with Crippen LogP contribution in [0.2, 0.25) is 0 Å². The van der Waals surface area contributed by atoms with E-state index in [0.29, 0.717) is 12.0 Å². The van der Waals surface area contributed by atoms with Gasteiger partial charge in [0.2, 0.25) is 6.41 Å². The molecule has 0 heterocycles. The number of hydrogen-bond acceptors (Lipinski definition) is 3. The second kappa shape index (κ2) is 7.15. The van der Waals surface area contributed by atoms with Gasteiger partial charge in [-0.15, -0.1) is 0 Å². The molecule has 0 bridgehead atoms. The average Bonchev–Trinajstić information content (AvgIpc) is 2.58. The fourth-order valence-electron chi connectivity index (χ4n) is 1.48. The van der Waals surface area contributed by atoms with Crippen molar-refractivity contribution in [3.8, 4) is 0 Å². The highest BCUT2D eigenvalue weighted by Crippen LogP contribution is 2.10. The number of hydrogen-bond donors (Lipinski definition) is 3. The van der Waals surface area contributed by atoms with Gasteiger partial charge in [0.15, 0.2) is 0 Å². The molecule has 19 heavy (non-hydrogen) atoms. The highest BCUT2D eigenvalue weighted by molar-refractivity contribution is 5.97. The molecule has 1 aliphatic carbocycles. The largest absolute Gasteiger partial charge is 0.480 e. The second-order valence-corrected chi connectivity index (χ2v) is 4.13. The van der Waals surface area contributed by atoms with Gasteiger partial charge >= 0.3 is 5.97 Å². The first-order chi connectivity index (χ1) is 9.04. The summed E-state index contributed by atoms with van der Waals surface area (Å²) < 4.78 is 0. The van der Waals surface area contributed by atoms with Gasteiger partial charge < -0.3 is 15.7 Å². The zero-order valence-corrected chi connectivity index (χ0v) is 10.6. The Kier molecular flexibility index (Phi) is 5.53. The molecule has 0 radical (unpaired) electrons. The number of allylic oxidation sites excluding steroid dienone is 4. The number of amides is 2. The fourth-order valence-corrected chi connectivity index (χ4v) is 1.48. The lowest BCUT2D eigenvalue weighted by Crippen LogP contribution is -2.45. The lowest BCUT2D eigenvalue weighted by Gasteiger charge is -2.12. The summed E-state index contributed by atoms with van der Waals surface area (Å²) in [6, 6.07) is -1.13. The number of nitrogens with one attached hydrogen (secondary N) is 2. The normalized spacial score (nSPS) is 15.6. The van der Waals surface area contributed by atoms with Gasteiger partial charge in [-0.1, -0.05) is 23.8 Å². The van der Waals surface area contributed by atoms with Gasteiger partial charge in [0, 0.05) is 12.1 Å². The van der Waals surface area contributed by atoms with Crippen molar-refractivity contribution in [2.24, 2.45) is 0 Å². The third-order valence-electron chi connectivity index (χ3n) is 2.58. The molecule has 6 nitrogen and oxygen atoms in total. The van der Waals surface area contributed by atoms with Gasteiger partial charge in [-0.25, -0.2) is 4.79 Å². The summed E-state index contributed by atoms with van der Waals surface area (Å²) in [5.74, 6) is -1.57. The number of carboxylic acid groups (broad SMARTS) is 1. The molecule has 0 saturated heterocycles. The third kappa shape index (κ3) is 4.79. The van der Waals surface area contributed by atoms with Crippen molar-refractivity contribution in [1.82, 2.24) is 10.6 Å². The predicted molar refractivity (Wildman–Crippen MR) is 69.2 cm³/mol. The zero-order chi connectivity index (χ0) is 14.3. The molecule has 3 N–H and O–H groups in total. The van der Waals surface area contributed by atoms with Crippen molar-refractivity contribution in [1.29, 1.82) is 0 Å². The number of carbonyl (C=O) groups is 3. The van der Waals surface area contributed by atoms with Crippen LogP contribution in [0, 0.1) is 0 Å². The molecule has 0 aromatic heterocycles. The second-order valence-electron chi connectivity index (χ2n) is 4.13. The van der Waals surface area contributed by atoms with E-state index >= 15 is 0 Å². The van der Waals surface area contributed by atoms with E-state index in [9.17, 15) is 14.4 Å². The standard InChI is InChI=1S/C13H16N2O4/c1-9-3-2-4-10(6-5-9)12(17)14-7-11(13(18)19)15-8-16/h2,4-6,8,11H,3,7H2,1H3,(H,14,17)(H,15,16)(H,18,19). The molecular formula is C13H16N2O4. The summed E-state index contributed by atoms with van der Waals surface area (Å²) in [5, 5.41) is 13.4. The summed E-state index contributed by atoms with van der Waals surface area (Å²) in [6.07, 6.45) is 8.14. The smallest absolute Gasteiger partial charge is 0.328 e. The first-order valence-electron chi connectivity index (χ1n) is 5.79. The van der Waals surface area contributed by atoms with E-state index in [0.717, 1.165) is 12.0 Å². The van der Waals surface area contributed by atoms with Gasteiger partial charge in [-0.3, -0.25) is 9.59 Å². The molecule has 1 aliphatic rings. The minimum atomic E-state index is -1.20. The highest BCUT2D eigenvalue weighted by atomic mass is 16.4. The minimum absolute atomic E-state index is 0.166. The molecule has 0 aliphatic heterocycles. The zero-order valence-electron chi connectivity index (χ0n) is 10.6. The van der Waals surface area contributed by atoms with Gasteiger partial charge in [0.1, 0.15) is 6.04 Å². The Bertz CT molecular complexity index is 463. The molecular weight excluding hydrogens is 248 g/mol. The van der Waals surface area contributed by atoms with Crippen LogP contribution in [0.5, 0.6) is 0 Å². The van der Waals surface area contributed by atoms with E-state index in [2.05, 4.69) is 10.6 Å². The van der Waals surface area contributed by atoms with Crippen LogP contribution in [0.15, 0.2) is 35.5 Å². The van der Waals surface area contributed by atoms with Crippen LogP contribution in [0.25, 0.3) is 0 Å². The lowest BCUT2D eigenvalue weighted by molar-refractivity contribution is -0.140. The van der Waals surface area contributed by atoms with Crippen molar-refractivity contribution in [3.63, 3.8) is 0 Å². The molecule has 102 valence electrons. The number of rotatable bonds is 6. The van der Waals surface area contributed by atoms with Crippen molar-refractivity contribution in [3.05, 3.63) is 35.5 Å². The van der Waals surface area contributed by atoms with E-state index in [4.69, 9.17) is 5.11 Å². The maximum atomic E-state index is 11.8. The van der Waals surface area contributed by atoms with Crippen molar-refractivity contribution in [2.75, 3.05) is 6.54 Å². The Morgan fingerprint density at radius 2 is 2.21 bits per heavy atom. The molecule has 0 aromatic rings. The van der Waals surface area contributed by atoms with Crippen LogP contribution in [-0.4, -0.2) is 36.0 Å². The topological polar surface area (TPSA) is 95.5 Å². The quantitative estimate of drug-likeness (QED) is 0.594. The highest BCUT2D eigenvalue weighted by Gasteiger charge is 2.17. The molecule has 1 unspecified atom stereocenters. The molecule has 2 amide bonds. The molecule has 6 heteroatoms. The minimum Gasteiger partial charge on any atom is -0.480 e. The first-order valence-corrected chi connectivity index (χ1v) is 5.79. The maximum Gasteiger partial charge on any atom is 0.328 e. The van der Waals surface area contributed by atoms with Crippen molar-refractivity contribution >= 4 is 18.3 Å². The maximum absolute atomic E-state index is 11.8. The van der Waals surface area contributed by atoms with Gasteiger partial charge in [-0.2, -0.15) is 0 Å². The van der Waals surface area contributed by atoms with E-state index in [1.54, 1.807) is 12.2 Å². The number of carbonyl (C=O) groups excluding carboxylic acids is 2. The summed E-state index contributed by atoms with van der Waals surface area (Å²) in [5.41, 5.74) is 1.58. The van der Waals surface area contributed by atoms with Crippen LogP contribution in [0.3, 0.4) is 0 Å². The SMILES string of the molecule is CC1=CC=C(C(=O)NCC(NC=O)C(=O)O)C=CC1. The first kappa shape index (κ1) is 14.7. The van der Waals surface area contributed by atoms with Gasteiger partial charge in [-0.05, 0) is 19.4 Å². The molecule has 0 aromatic carbocycles. The summed E-state index contributed by atoms with van der Waals surface area (Å²) >= 11 is 0. The lowest BCUT2D eigenvalue weighted by atomic mass is 10.2. The van der Waals surface area contributed by atoms with Crippen LogP contribution in [0.1, 0.15) is 13.3 Å². The van der Waals surface area contributed by atoms with E-state index in [1.807, 2.05) is 19.1 Å². The molecule has 0 saturated carbocycles. The Morgan fingerprint density at radius 1 is 1.47 bits per heavy atom. The van der Waals surface area contributed by atoms with Gasteiger partial charge in [0.25, 0.3) is 5.91 Å². The van der Waals surface area contributed by atoms with E-state index in [-0.39, 0.29) is 12.5 Å². The van der Waals surface area contributed by atoms with Crippen molar-refractivity contribution in [2.45, 2.75) is 19.4 Å². The van der Waals surface area contributed by atoms with Crippen LogP contribution >= 0.6 is 0 Å². The molecule has 1 atom stereocenters. The molecule has 1 rings (SSSR count). The third-order valence-corrected chi connectivity index (χ3v) is 2.58.